The fourth-order valence-electron chi connectivity index (χ4n) is 2.73. The topological polar surface area (TPSA) is 39.7 Å². The minimum atomic E-state index is -0.201. The summed E-state index contributed by atoms with van der Waals surface area (Å²) in [4.78, 5) is 0. The largest absolute Gasteiger partial charge is 0.486 e. The van der Waals surface area contributed by atoms with Crippen LogP contribution in [0.25, 0.3) is 0 Å². The highest BCUT2D eigenvalue weighted by atomic mass is 16.6. The van der Waals surface area contributed by atoms with Gasteiger partial charge in [-0.15, -0.1) is 0 Å². The van der Waals surface area contributed by atoms with Crippen molar-refractivity contribution in [1.82, 2.24) is 5.32 Å². The van der Waals surface area contributed by atoms with E-state index in [1.54, 1.807) is 6.08 Å². The lowest BCUT2D eigenvalue weighted by Gasteiger charge is -2.32. The Bertz CT molecular complexity index is 638. The van der Waals surface area contributed by atoms with Gasteiger partial charge in [-0.3, -0.25) is 0 Å². The molecule has 2 atom stereocenters. The Kier molecular flexibility index (Phi) is 5.88. The molecule has 4 heteroatoms. The third kappa shape index (κ3) is 4.16. The number of para-hydroxylation sites is 2. The first kappa shape index (κ1) is 16.6. The van der Waals surface area contributed by atoms with E-state index in [0.717, 1.165) is 18.7 Å². The molecule has 4 nitrogen and oxygen atoms in total. The van der Waals surface area contributed by atoms with Crippen LogP contribution in [0.3, 0.4) is 0 Å². The monoisotopic (exact) mass is 325 g/mol. The second-order valence-electron chi connectivity index (χ2n) is 5.61. The zero-order valence-electron chi connectivity index (χ0n) is 13.7. The van der Waals surface area contributed by atoms with E-state index in [9.17, 15) is 0 Å². The van der Waals surface area contributed by atoms with Gasteiger partial charge < -0.3 is 19.5 Å². The van der Waals surface area contributed by atoms with Crippen molar-refractivity contribution < 1.29 is 14.2 Å². The maximum absolute atomic E-state index is 6.34. The van der Waals surface area contributed by atoms with Crippen LogP contribution in [-0.2, 0) is 4.74 Å². The molecule has 1 aliphatic rings. The van der Waals surface area contributed by atoms with Crippen LogP contribution >= 0.6 is 0 Å². The van der Waals surface area contributed by atoms with Crippen molar-refractivity contribution in [1.29, 1.82) is 0 Å². The van der Waals surface area contributed by atoms with Crippen LogP contribution in [0.15, 0.2) is 67.3 Å². The molecule has 0 bridgehead atoms. The van der Waals surface area contributed by atoms with Crippen LogP contribution in [-0.4, -0.2) is 32.4 Å². The summed E-state index contributed by atoms with van der Waals surface area (Å²) in [6, 6.07) is 17.9. The zero-order chi connectivity index (χ0) is 16.6. The van der Waals surface area contributed by atoms with E-state index < -0.39 is 0 Å². The van der Waals surface area contributed by atoms with E-state index in [2.05, 4.69) is 24.0 Å². The first-order valence-corrected chi connectivity index (χ1v) is 8.25. The lowest BCUT2D eigenvalue weighted by molar-refractivity contribution is -0.0439. The van der Waals surface area contributed by atoms with Gasteiger partial charge in [0.15, 0.2) is 17.6 Å². The lowest BCUT2D eigenvalue weighted by atomic mass is 10.0. The molecule has 0 unspecified atom stereocenters. The summed E-state index contributed by atoms with van der Waals surface area (Å²) in [5.74, 6) is 1.42. The summed E-state index contributed by atoms with van der Waals surface area (Å²) in [7, 11) is 0. The van der Waals surface area contributed by atoms with E-state index >= 15 is 0 Å². The minimum Gasteiger partial charge on any atom is -0.486 e. The van der Waals surface area contributed by atoms with Gasteiger partial charge in [-0.25, -0.2) is 0 Å². The van der Waals surface area contributed by atoms with Crippen LogP contribution in [0.4, 0.5) is 0 Å². The molecule has 1 aliphatic heterocycles. The molecule has 0 saturated carbocycles. The molecule has 1 saturated heterocycles. The number of benzene rings is 2. The van der Waals surface area contributed by atoms with Crippen LogP contribution in [0.1, 0.15) is 11.7 Å². The summed E-state index contributed by atoms with van der Waals surface area (Å²) in [5.41, 5.74) is 1.09. The van der Waals surface area contributed by atoms with Gasteiger partial charge in [-0.1, -0.05) is 55.1 Å². The molecule has 1 fully saturated rings. The van der Waals surface area contributed by atoms with Crippen molar-refractivity contribution in [2.24, 2.45) is 0 Å². The van der Waals surface area contributed by atoms with Crippen molar-refractivity contribution in [2.75, 3.05) is 26.3 Å². The summed E-state index contributed by atoms with van der Waals surface area (Å²) in [6.07, 6.45) is 1.47. The second kappa shape index (κ2) is 8.52. The molecule has 2 aromatic carbocycles. The highest BCUT2D eigenvalue weighted by molar-refractivity contribution is 5.40. The number of rotatable bonds is 7. The van der Waals surface area contributed by atoms with Gasteiger partial charge in [0.25, 0.3) is 0 Å². The van der Waals surface area contributed by atoms with Crippen molar-refractivity contribution in [3.63, 3.8) is 0 Å². The van der Waals surface area contributed by atoms with Gasteiger partial charge in [0, 0.05) is 13.1 Å². The molecule has 0 radical (unpaired) electrons. The minimum absolute atomic E-state index is 0.0476. The highest BCUT2D eigenvalue weighted by Gasteiger charge is 2.28. The van der Waals surface area contributed by atoms with Crippen molar-refractivity contribution >= 4 is 0 Å². The molecule has 0 aliphatic carbocycles. The standard InChI is InChI=1S/C20H23NO3/c1-2-13-22-17-10-6-7-11-18(17)24-20(16-8-4-3-5-9-16)19-15-21-12-14-23-19/h2-11,19-21H,1,12-15H2/t19-,20-/m1/s1. The third-order valence-electron chi connectivity index (χ3n) is 3.88. The third-order valence-corrected chi connectivity index (χ3v) is 3.88. The van der Waals surface area contributed by atoms with Crippen molar-refractivity contribution in [3.05, 3.63) is 72.8 Å². The number of nitrogens with one attached hydrogen (secondary N) is 1. The van der Waals surface area contributed by atoms with Gasteiger partial charge in [-0.2, -0.15) is 0 Å². The first-order chi connectivity index (χ1) is 11.9. The SMILES string of the molecule is C=CCOc1ccccc1O[C@H](c1ccccc1)[C@H]1CNCCO1. The van der Waals surface area contributed by atoms with E-state index in [1.165, 1.54) is 0 Å². The normalized spacial score (nSPS) is 18.6. The summed E-state index contributed by atoms with van der Waals surface area (Å²) >= 11 is 0. The maximum Gasteiger partial charge on any atom is 0.162 e. The molecule has 0 aromatic heterocycles. The molecule has 2 aromatic rings. The molecule has 24 heavy (non-hydrogen) atoms. The Morgan fingerprint density at radius 2 is 1.88 bits per heavy atom. The fraction of sp³-hybridized carbons (Fsp3) is 0.300. The molecular weight excluding hydrogens is 302 g/mol. The smallest absolute Gasteiger partial charge is 0.162 e. The summed E-state index contributed by atoms with van der Waals surface area (Å²) < 4.78 is 18.0. The number of hydrogen-bond acceptors (Lipinski definition) is 4. The Morgan fingerprint density at radius 1 is 1.12 bits per heavy atom. The highest BCUT2D eigenvalue weighted by Crippen LogP contribution is 2.33. The average molecular weight is 325 g/mol. The Labute approximate surface area is 143 Å². The molecule has 3 rings (SSSR count). The van der Waals surface area contributed by atoms with Crippen molar-refractivity contribution in [2.45, 2.75) is 12.2 Å². The Hall–Kier alpha value is -2.30. The van der Waals surface area contributed by atoms with Gasteiger partial charge in [-0.05, 0) is 17.7 Å². The number of ether oxygens (including phenoxy) is 3. The van der Waals surface area contributed by atoms with E-state index in [4.69, 9.17) is 14.2 Å². The Morgan fingerprint density at radius 3 is 2.58 bits per heavy atom. The predicted molar refractivity (Wildman–Crippen MR) is 94.6 cm³/mol. The van der Waals surface area contributed by atoms with Gasteiger partial charge >= 0.3 is 0 Å². The summed E-state index contributed by atoms with van der Waals surface area (Å²) in [5, 5.41) is 3.37. The second-order valence-corrected chi connectivity index (χ2v) is 5.61. The van der Waals surface area contributed by atoms with Crippen LogP contribution < -0.4 is 14.8 Å². The fourth-order valence-corrected chi connectivity index (χ4v) is 2.73. The molecule has 0 spiro atoms. The quantitative estimate of drug-likeness (QED) is 0.793. The summed E-state index contributed by atoms with van der Waals surface area (Å²) in [6.45, 7) is 6.45. The number of hydrogen-bond donors (Lipinski definition) is 1. The van der Waals surface area contributed by atoms with Gasteiger partial charge in [0.2, 0.25) is 0 Å². The maximum atomic E-state index is 6.34. The van der Waals surface area contributed by atoms with E-state index in [0.29, 0.717) is 24.7 Å². The molecule has 1 N–H and O–H groups in total. The van der Waals surface area contributed by atoms with Gasteiger partial charge in [0.1, 0.15) is 12.7 Å². The molecular formula is C20H23NO3. The number of morpholine rings is 1. The van der Waals surface area contributed by atoms with Crippen LogP contribution in [0.2, 0.25) is 0 Å². The van der Waals surface area contributed by atoms with Crippen LogP contribution in [0, 0.1) is 0 Å². The van der Waals surface area contributed by atoms with E-state index in [-0.39, 0.29) is 12.2 Å². The van der Waals surface area contributed by atoms with Crippen molar-refractivity contribution in [3.8, 4) is 11.5 Å². The molecule has 0 amide bonds. The molecule has 1 heterocycles. The zero-order valence-corrected chi connectivity index (χ0v) is 13.7. The lowest BCUT2D eigenvalue weighted by Crippen LogP contribution is -2.43. The predicted octanol–water partition coefficient (Wildman–Crippen LogP) is 3.36. The van der Waals surface area contributed by atoms with E-state index in [1.807, 2.05) is 42.5 Å². The van der Waals surface area contributed by atoms with Crippen LogP contribution in [0.5, 0.6) is 11.5 Å². The Balaban J connectivity index is 1.85. The van der Waals surface area contributed by atoms with Gasteiger partial charge in [0.05, 0.1) is 6.61 Å². The average Bonchev–Trinajstić information content (AvgIpc) is 2.66. The molecule has 126 valence electrons. The first-order valence-electron chi connectivity index (χ1n) is 8.25.